The minimum atomic E-state index is -3.46. The highest BCUT2D eigenvalue weighted by atomic mass is 32.2. The van der Waals surface area contributed by atoms with Crippen LogP contribution < -0.4 is 0 Å². The van der Waals surface area contributed by atoms with Crippen LogP contribution in [0.15, 0.2) is 29.2 Å². The van der Waals surface area contributed by atoms with Crippen LogP contribution in [0.1, 0.15) is 23.2 Å². The molecule has 0 aliphatic carbocycles. The largest absolute Gasteiger partial charge is 0.381 e. The SMILES string of the molecule is COC1CCN(C(=O)c2ccc(S(=O)(=O)N(C)C)cc2)CC1. The van der Waals surface area contributed by atoms with Crippen LogP contribution in [0.25, 0.3) is 0 Å². The van der Waals surface area contributed by atoms with Gasteiger partial charge in [-0.05, 0) is 37.1 Å². The molecule has 1 aliphatic heterocycles. The molecule has 0 unspecified atom stereocenters. The van der Waals surface area contributed by atoms with E-state index in [1.165, 1.54) is 26.2 Å². The molecule has 22 heavy (non-hydrogen) atoms. The topological polar surface area (TPSA) is 66.9 Å². The number of ether oxygens (including phenoxy) is 1. The Morgan fingerprint density at radius 3 is 2.18 bits per heavy atom. The molecule has 1 aromatic carbocycles. The Hall–Kier alpha value is -1.44. The summed E-state index contributed by atoms with van der Waals surface area (Å²) in [6, 6.07) is 6.09. The molecule has 0 radical (unpaired) electrons. The van der Waals surface area contributed by atoms with Crippen molar-refractivity contribution in [2.45, 2.75) is 23.8 Å². The van der Waals surface area contributed by atoms with Crippen molar-refractivity contribution in [3.05, 3.63) is 29.8 Å². The summed E-state index contributed by atoms with van der Waals surface area (Å²) in [5, 5.41) is 0. The first-order valence-corrected chi connectivity index (χ1v) is 8.65. The van der Waals surface area contributed by atoms with Crippen LogP contribution in [0.5, 0.6) is 0 Å². The van der Waals surface area contributed by atoms with Crippen molar-refractivity contribution in [1.82, 2.24) is 9.21 Å². The van der Waals surface area contributed by atoms with Gasteiger partial charge in [-0.25, -0.2) is 12.7 Å². The molecule has 7 heteroatoms. The summed E-state index contributed by atoms with van der Waals surface area (Å²) in [7, 11) is 1.18. The molecule has 1 saturated heterocycles. The molecule has 0 saturated carbocycles. The van der Waals surface area contributed by atoms with E-state index >= 15 is 0 Å². The number of amides is 1. The lowest BCUT2D eigenvalue weighted by Gasteiger charge is -2.31. The smallest absolute Gasteiger partial charge is 0.253 e. The molecule has 0 N–H and O–H groups in total. The number of piperidine rings is 1. The standard InChI is InChI=1S/C15H22N2O4S/c1-16(2)22(19,20)14-6-4-12(5-7-14)15(18)17-10-8-13(21-3)9-11-17/h4-7,13H,8-11H2,1-3H3. The molecule has 1 aromatic rings. The zero-order valence-corrected chi connectivity index (χ0v) is 14.0. The lowest BCUT2D eigenvalue weighted by atomic mass is 10.1. The summed E-state index contributed by atoms with van der Waals surface area (Å²) in [4.78, 5) is 14.4. The third-order valence-electron chi connectivity index (χ3n) is 3.94. The van der Waals surface area contributed by atoms with Gasteiger partial charge < -0.3 is 9.64 Å². The number of nitrogens with zero attached hydrogens (tertiary/aromatic N) is 2. The number of carbonyl (C=O) groups is 1. The highest BCUT2D eigenvalue weighted by molar-refractivity contribution is 7.89. The third kappa shape index (κ3) is 3.48. The molecule has 0 atom stereocenters. The Labute approximate surface area is 131 Å². The molecule has 2 rings (SSSR count). The van der Waals surface area contributed by atoms with Crippen molar-refractivity contribution in [2.24, 2.45) is 0 Å². The Morgan fingerprint density at radius 2 is 1.73 bits per heavy atom. The second-order valence-corrected chi connectivity index (χ2v) is 7.69. The molecule has 1 aliphatic rings. The lowest BCUT2D eigenvalue weighted by molar-refractivity contribution is 0.0350. The minimum Gasteiger partial charge on any atom is -0.381 e. The van der Waals surface area contributed by atoms with Gasteiger partial charge in [0.15, 0.2) is 0 Å². The molecular weight excluding hydrogens is 304 g/mol. The fraction of sp³-hybridized carbons (Fsp3) is 0.533. The normalized spacial score (nSPS) is 17.0. The summed E-state index contributed by atoms with van der Waals surface area (Å²) in [5.74, 6) is -0.0663. The maximum atomic E-state index is 12.4. The van der Waals surface area contributed by atoms with E-state index in [0.717, 1.165) is 17.1 Å². The van der Waals surface area contributed by atoms with Crippen LogP contribution in [-0.2, 0) is 14.8 Å². The highest BCUT2D eigenvalue weighted by Crippen LogP contribution is 2.18. The van der Waals surface area contributed by atoms with Crippen LogP contribution in [0.2, 0.25) is 0 Å². The van der Waals surface area contributed by atoms with E-state index in [1.807, 2.05) is 0 Å². The van der Waals surface area contributed by atoms with E-state index in [-0.39, 0.29) is 16.9 Å². The maximum Gasteiger partial charge on any atom is 0.253 e. The van der Waals surface area contributed by atoms with Gasteiger partial charge in [-0.2, -0.15) is 0 Å². The zero-order valence-electron chi connectivity index (χ0n) is 13.2. The summed E-state index contributed by atoms with van der Waals surface area (Å²) in [6.45, 7) is 1.32. The van der Waals surface area contributed by atoms with Gasteiger partial charge in [0.2, 0.25) is 10.0 Å². The van der Waals surface area contributed by atoms with Crippen LogP contribution in [0.3, 0.4) is 0 Å². The maximum absolute atomic E-state index is 12.4. The van der Waals surface area contributed by atoms with Crippen LogP contribution in [0.4, 0.5) is 0 Å². The van der Waals surface area contributed by atoms with Crippen LogP contribution >= 0.6 is 0 Å². The van der Waals surface area contributed by atoms with Crippen molar-refractivity contribution in [2.75, 3.05) is 34.3 Å². The van der Waals surface area contributed by atoms with Gasteiger partial charge in [0.25, 0.3) is 5.91 Å². The van der Waals surface area contributed by atoms with E-state index in [9.17, 15) is 13.2 Å². The van der Waals surface area contributed by atoms with E-state index in [2.05, 4.69) is 0 Å². The fourth-order valence-corrected chi connectivity index (χ4v) is 3.36. The number of rotatable bonds is 4. The molecule has 1 amide bonds. The predicted octanol–water partition coefficient (Wildman–Crippen LogP) is 1.19. The number of likely N-dealkylation sites (tertiary alicyclic amines) is 1. The van der Waals surface area contributed by atoms with Gasteiger partial charge in [0.05, 0.1) is 11.0 Å². The molecule has 1 fully saturated rings. The highest BCUT2D eigenvalue weighted by Gasteiger charge is 2.24. The van der Waals surface area contributed by atoms with Crippen molar-refractivity contribution in [1.29, 1.82) is 0 Å². The summed E-state index contributed by atoms with van der Waals surface area (Å²) >= 11 is 0. The molecule has 0 aromatic heterocycles. The van der Waals surface area contributed by atoms with Crippen molar-refractivity contribution in [3.63, 3.8) is 0 Å². The second kappa shape index (κ2) is 6.76. The number of hydrogen-bond acceptors (Lipinski definition) is 4. The molecule has 1 heterocycles. The van der Waals surface area contributed by atoms with Gasteiger partial charge in [-0.15, -0.1) is 0 Å². The summed E-state index contributed by atoms with van der Waals surface area (Å²) in [5.41, 5.74) is 0.508. The van der Waals surface area contributed by atoms with Gasteiger partial charge in [0.1, 0.15) is 0 Å². The quantitative estimate of drug-likeness (QED) is 0.833. The molecular formula is C15H22N2O4S. The number of sulfonamides is 1. The Kier molecular flexibility index (Phi) is 5.20. The van der Waals surface area contributed by atoms with Crippen LogP contribution in [-0.4, -0.2) is 63.9 Å². The van der Waals surface area contributed by atoms with Gasteiger partial charge in [0, 0.05) is 39.9 Å². The predicted molar refractivity (Wildman–Crippen MR) is 83.2 cm³/mol. The van der Waals surface area contributed by atoms with Gasteiger partial charge >= 0.3 is 0 Å². The van der Waals surface area contributed by atoms with E-state index in [1.54, 1.807) is 24.1 Å². The number of benzene rings is 1. The Bertz CT molecular complexity index is 617. The van der Waals surface area contributed by atoms with E-state index in [0.29, 0.717) is 18.7 Å². The fourth-order valence-electron chi connectivity index (χ4n) is 2.46. The van der Waals surface area contributed by atoms with E-state index in [4.69, 9.17) is 4.74 Å². The lowest BCUT2D eigenvalue weighted by Crippen LogP contribution is -2.40. The number of hydrogen-bond donors (Lipinski definition) is 0. The summed E-state index contributed by atoms with van der Waals surface area (Å²) in [6.07, 6.45) is 1.88. The third-order valence-corrected chi connectivity index (χ3v) is 5.77. The summed E-state index contributed by atoms with van der Waals surface area (Å²) < 4.78 is 30.4. The van der Waals surface area contributed by atoms with E-state index < -0.39 is 10.0 Å². The van der Waals surface area contributed by atoms with Crippen LogP contribution in [0, 0.1) is 0 Å². The zero-order chi connectivity index (χ0) is 16.3. The monoisotopic (exact) mass is 326 g/mol. The first kappa shape index (κ1) is 16.9. The molecule has 122 valence electrons. The number of carbonyl (C=O) groups excluding carboxylic acids is 1. The van der Waals surface area contributed by atoms with Crippen molar-refractivity contribution in [3.8, 4) is 0 Å². The minimum absolute atomic E-state index is 0.0663. The Balaban J connectivity index is 2.09. The van der Waals surface area contributed by atoms with Crippen molar-refractivity contribution < 1.29 is 17.9 Å². The van der Waals surface area contributed by atoms with Crippen molar-refractivity contribution >= 4 is 15.9 Å². The molecule has 6 nitrogen and oxygen atoms in total. The first-order valence-electron chi connectivity index (χ1n) is 7.21. The average Bonchev–Trinajstić information content (AvgIpc) is 2.54. The Morgan fingerprint density at radius 1 is 1.18 bits per heavy atom. The second-order valence-electron chi connectivity index (χ2n) is 5.54. The van der Waals surface area contributed by atoms with Gasteiger partial charge in [-0.1, -0.05) is 0 Å². The molecule has 0 bridgehead atoms. The molecule has 0 spiro atoms. The average molecular weight is 326 g/mol. The first-order chi connectivity index (χ1) is 10.4. The number of methoxy groups -OCH3 is 1. The van der Waals surface area contributed by atoms with Gasteiger partial charge in [-0.3, -0.25) is 4.79 Å².